The molecule has 0 aliphatic carbocycles. The van der Waals surface area contributed by atoms with Gasteiger partial charge in [-0.1, -0.05) is 12.1 Å². The van der Waals surface area contributed by atoms with Gasteiger partial charge in [0.25, 0.3) is 0 Å². The molecule has 3 aromatic heterocycles. The van der Waals surface area contributed by atoms with Gasteiger partial charge in [-0.25, -0.2) is 15.0 Å². The van der Waals surface area contributed by atoms with Crippen molar-refractivity contribution in [1.29, 1.82) is 0 Å². The molecule has 1 aliphatic heterocycles. The van der Waals surface area contributed by atoms with Crippen molar-refractivity contribution in [2.75, 3.05) is 12.4 Å². The summed E-state index contributed by atoms with van der Waals surface area (Å²) in [5.74, 6) is 0.856. The van der Waals surface area contributed by atoms with Crippen LogP contribution < -0.4 is 5.32 Å². The van der Waals surface area contributed by atoms with E-state index in [0.29, 0.717) is 6.42 Å². The quantitative estimate of drug-likeness (QED) is 0.545. The lowest BCUT2D eigenvalue weighted by atomic mass is 10.0. The van der Waals surface area contributed by atoms with E-state index >= 15 is 0 Å². The average Bonchev–Trinajstić information content (AvgIpc) is 3.34. The standard InChI is InChI=1S/C22H23N5O2/c1-23-20-7-5-15-4-2-14(10-17(15)26-20)3-6-19-18(28)11-21(29-19)27-9-8-16-12-24-13-25-22(16)27/h2,4-5,7-10,12-13,18-19,21,28H,3,6,11H2,1H3,(H,23,26)/t18-,19+,21+/m0/s1. The molecule has 5 rings (SSSR count). The fourth-order valence-electron chi connectivity index (χ4n) is 4.04. The Morgan fingerprint density at radius 1 is 1.21 bits per heavy atom. The van der Waals surface area contributed by atoms with E-state index in [9.17, 15) is 5.11 Å². The maximum atomic E-state index is 10.6. The first-order chi connectivity index (χ1) is 14.2. The molecule has 1 aliphatic rings. The highest BCUT2D eigenvalue weighted by Crippen LogP contribution is 2.33. The van der Waals surface area contributed by atoms with Gasteiger partial charge in [-0.2, -0.15) is 0 Å². The Morgan fingerprint density at radius 3 is 3.00 bits per heavy atom. The molecule has 0 spiro atoms. The van der Waals surface area contributed by atoms with Crippen LogP contribution in [0.4, 0.5) is 5.82 Å². The van der Waals surface area contributed by atoms with Crippen LogP contribution in [0.3, 0.4) is 0 Å². The SMILES string of the molecule is CNc1ccc2ccc(CC[C@H]3O[C@@H](n4ccc5cncnc54)C[C@@H]3O)cc2n1. The minimum atomic E-state index is -0.492. The first-order valence-corrected chi connectivity index (χ1v) is 9.89. The number of pyridine rings is 1. The lowest BCUT2D eigenvalue weighted by Crippen LogP contribution is -2.21. The molecule has 3 atom stereocenters. The Labute approximate surface area is 168 Å². The molecule has 29 heavy (non-hydrogen) atoms. The second-order valence-corrected chi connectivity index (χ2v) is 7.47. The summed E-state index contributed by atoms with van der Waals surface area (Å²) in [6.45, 7) is 0. The molecule has 1 saturated heterocycles. The molecule has 2 N–H and O–H groups in total. The number of nitrogens with zero attached hydrogens (tertiary/aromatic N) is 4. The van der Waals surface area contributed by atoms with Crippen LogP contribution >= 0.6 is 0 Å². The predicted octanol–water partition coefficient (Wildman–Crippen LogP) is 3.30. The fraction of sp³-hybridized carbons (Fsp3) is 0.318. The van der Waals surface area contributed by atoms with Crippen LogP contribution in [0.15, 0.2) is 55.1 Å². The summed E-state index contributed by atoms with van der Waals surface area (Å²) < 4.78 is 8.18. The number of aliphatic hydroxyl groups excluding tert-OH is 1. The first kappa shape index (κ1) is 18.0. The molecule has 1 fully saturated rings. The highest BCUT2D eigenvalue weighted by molar-refractivity contribution is 5.81. The van der Waals surface area contributed by atoms with Crippen molar-refractivity contribution in [2.45, 2.75) is 37.7 Å². The Morgan fingerprint density at radius 2 is 2.10 bits per heavy atom. The molecule has 4 aromatic rings. The van der Waals surface area contributed by atoms with Crippen molar-refractivity contribution >= 4 is 27.8 Å². The summed E-state index contributed by atoms with van der Waals surface area (Å²) in [5.41, 5.74) is 2.99. The molecule has 148 valence electrons. The van der Waals surface area contributed by atoms with E-state index in [4.69, 9.17) is 4.74 Å². The highest BCUT2D eigenvalue weighted by atomic mass is 16.5. The Hall–Kier alpha value is -3.03. The molecule has 0 amide bonds. The van der Waals surface area contributed by atoms with Crippen molar-refractivity contribution in [3.63, 3.8) is 0 Å². The van der Waals surface area contributed by atoms with Gasteiger partial charge >= 0.3 is 0 Å². The van der Waals surface area contributed by atoms with Crippen LogP contribution in [-0.2, 0) is 11.2 Å². The molecule has 0 radical (unpaired) electrons. The van der Waals surface area contributed by atoms with Crippen molar-refractivity contribution in [2.24, 2.45) is 0 Å². The van der Waals surface area contributed by atoms with E-state index in [-0.39, 0.29) is 12.3 Å². The average molecular weight is 389 g/mol. The minimum Gasteiger partial charge on any atom is -0.390 e. The smallest absolute Gasteiger partial charge is 0.145 e. The first-order valence-electron chi connectivity index (χ1n) is 9.89. The van der Waals surface area contributed by atoms with Gasteiger partial charge in [0.2, 0.25) is 0 Å². The molecule has 4 heterocycles. The van der Waals surface area contributed by atoms with Crippen LogP contribution in [0, 0.1) is 0 Å². The number of aliphatic hydroxyl groups is 1. The van der Waals surface area contributed by atoms with Gasteiger partial charge in [0.05, 0.1) is 17.7 Å². The third-order valence-corrected chi connectivity index (χ3v) is 5.62. The molecule has 1 aromatic carbocycles. The van der Waals surface area contributed by atoms with Gasteiger partial charge < -0.3 is 19.7 Å². The van der Waals surface area contributed by atoms with Crippen LogP contribution in [-0.4, -0.2) is 43.9 Å². The van der Waals surface area contributed by atoms with Gasteiger partial charge in [0, 0.05) is 36.6 Å². The molecule has 0 unspecified atom stereocenters. The summed E-state index contributed by atoms with van der Waals surface area (Å²) in [5, 5.41) is 15.7. The van der Waals surface area contributed by atoms with E-state index in [2.05, 4.69) is 44.5 Å². The Balaban J connectivity index is 1.29. The Bertz CT molecular complexity index is 1160. The van der Waals surface area contributed by atoms with E-state index in [1.807, 2.05) is 29.9 Å². The maximum absolute atomic E-state index is 10.6. The summed E-state index contributed by atoms with van der Waals surface area (Å²) >= 11 is 0. The van der Waals surface area contributed by atoms with Gasteiger partial charge in [0.1, 0.15) is 24.0 Å². The van der Waals surface area contributed by atoms with Crippen LogP contribution in [0.5, 0.6) is 0 Å². The maximum Gasteiger partial charge on any atom is 0.145 e. The van der Waals surface area contributed by atoms with Crippen molar-refractivity contribution in [3.05, 3.63) is 60.7 Å². The summed E-state index contributed by atoms with van der Waals surface area (Å²) in [6.07, 6.45) is 6.51. The number of hydrogen-bond donors (Lipinski definition) is 2. The topological polar surface area (TPSA) is 85.1 Å². The molecule has 7 heteroatoms. The van der Waals surface area contributed by atoms with Gasteiger partial charge in [-0.3, -0.25) is 0 Å². The molecule has 0 bridgehead atoms. The van der Waals surface area contributed by atoms with E-state index in [1.54, 1.807) is 6.20 Å². The monoisotopic (exact) mass is 389 g/mol. The third-order valence-electron chi connectivity index (χ3n) is 5.62. The fourth-order valence-corrected chi connectivity index (χ4v) is 4.04. The zero-order valence-electron chi connectivity index (χ0n) is 16.2. The second-order valence-electron chi connectivity index (χ2n) is 7.47. The van der Waals surface area contributed by atoms with E-state index in [0.717, 1.165) is 40.6 Å². The molecule has 0 saturated carbocycles. The lowest BCUT2D eigenvalue weighted by molar-refractivity contribution is -0.0203. The van der Waals surface area contributed by atoms with Crippen LogP contribution in [0.1, 0.15) is 24.6 Å². The molecular formula is C22H23N5O2. The van der Waals surface area contributed by atoms with Gasteiger partial charge in [-0.15, -0.1) is 0 Å². The van der Waals surface area contributed by atoms with E-state index in [1.165, 1.54) is 11.9 Å². The van der Waals surface area contributed by atoms with E-state index < -0.39 is 6.10 Å². The third kappa shape index (κ3) is 3.43. The zero-order chi connectivity index (χ0) is 19.8. The summed E-state index contributed by atoms with van der Waals surface area (Å²) in [7, 11) is 1.87. The number of hydrogen-bond acceptors (Lipinski definition) is 6. The number of rotatable bonds is 5. The van der Waals surface area contributed by atoms with Gasteiger partial charge in [-0.05, 0) is 42.7 Å². The van der Waals surface area contributed by atoms with Crippen molar-refractivity contribution in [3.8, 4) is 0 Å². The number of aromatic nitrogens is 4. The number of anilines is 1. The van der Waals surface area contributed by atoms with Crippen molar-refractivity contribution < 1.29 is 9.84 Å². The number of nitrogens with one attached hydrogen (secondary N) is 1. The summed E-state index contributed by atoms with van der Waals surface area (Å²) in [4.78, 5) is 13.0. The molecular weight excluding hydrogens is 366 g/mol. The van der Waals surface area contributed by atoms with Gasteiger partial charge in [0.15, 0.2) is 0 Å². The zero-order valence-corrected chi connectivity index (χ0v) is 16.2. The lowest BCUT2D eigenvalue weighted by Gasteiger charge is -2.16. The second kappa shape index (κ2) is 7.42. The normalized spacial score (nSPS) is 21.8. The number of fused-ring (bicyclic) bond motifs is 2. The number of aryl methyl sites for hydroxylation is 1. The summed E-state index contributed by atoms with van der Waals surface area (Å²) in [6, 6.07) is 12.3. The van der Waals surface area contributed by atoms with Crippen LogP contribution in [0.2, 0.25) is 0 Å². The Kier molecular flexibility index (Phi) is 4.61. The highest BCUT2D eigenvalue weighted by Gasteiger charge is 2.35. The molecule has 7 nitrogen and oxygen atoms in total. The minimum absolute atomic E-state index is 0.202. The largest absolute Gasteiger partial charge is 0.390 e. The number of benzene rings is 1. The van der Waals surface area contributed by atoms with Crippen LogP contribution in [0.25, 0.3) is 21.9 Å². The predicted molar refractivity (Wildman–Crippen MR) is 112 cm³/mol. The van der Waals surface area contributed by atoms with Crippen molar-refractivity contribution in [1.82, 2.24) is 19.5 Å². The number of ether oxygens (including phenoxy) is 1.